The van der Waals surface area contributed by atoms with Gasteiger partial charge in [-0.05, 0) is 23.8 Å². The third kappa shape index (κ3) is 3.38. The van der Waals surface area contributed by atoms with Crippen molar-refractivity contribution in [2.24, 2.45) is 0 Å². The van der Waals surface area contributed by atoms with Crippen LogP contribution in [0, 0.1) is 6.92 Å². The van der Waals surface area contributed by atoms with E-state index in [0.29, 0.717) is 11.8 Å². The summed E-state index contributed by atoms with van der Waals surface area (Å²) in [6, 6.07) is 6.23. The summed E-state index contributed by atoms with van der Waals surface area (Å²) < 4.78 is 33.2. The first-order valence-corrected chi connectivity index (χ1v) is 5.16. The number of alkyl halides is 2. The Morgan fingerprint density at radius 1 is 1.17 bits per heavy atom. The Kier molecular flexibility index (Phi) is 3.66. The van der Waals surface area contributed by atoms with E-state index in [9.17, 15) is 8.78 Å². The first-order chi connectivity index (χ1) is 8.63. The van der Waals surface area contributed by atoms with Gasteiger partial charge in [0.05, 0.1) is 0 Å². The van der Waals surface area contributed by atoms with E-state index in [1.165, 1.54) is 12.1 Å². The maximum atomic E-state index is 11.9. The summed E-state index contributed by atoms with van der Waals surface area (Å²) in [5, 5.41) is 7.46. The molecule has 1 heterocycles. The molecule has 0 amide bonds. The second-order valence-corrected chi connectivity index (χ2v) is 3.44. The largest absolute Gasteiger partial charge is 0.435 e. The predicted molar refractivity (Wildman–Crippen MR) is 61.0 cm³/mol. The SMILES string of the molecule is Cc1nnc(/C=C\c2ccc(OC(F)F)cc2)o1. The molecule has 0 aliphatic carbocycles. The molecule has 0 spiro atoms. The topological polar surface area (TPSA) is 48.2 Å². The summed E-state index contributed by atoms with van der Waals surface area (Å²) in [5.74, 6) is 0.992. The Balaban J connectivity index is 2.04. The second-order valence-electron chi connectivity index (χ2n) is 3.44. The van der Waals surface area contributed by atoms with Gasteiger partial charge in [-0.3, -0.25) is 0 Å². The summed E-state index contributed by atoms with van der Waals surface area (Å²) in [5.41, 5.74) is 0.812. The van der Waals surface area contributed by atoms with E-state index in [2.05, 4.69) is 14.9 Å². The normalized spacial score (nSPS) is 11.3. The molecule has 0 N–H and O–H groups in total. The van der Waals surface area contributed by atoms with Gasteiger partial charge in [0.2, 0.25) is 11.8 Å². The Labute approximate surface area is 102 Å². The van der Waals surface area contributed by atoms with Gasteiger partial charge in [-0.25, -0.2) is 0 Å². The van der Waals surface area contributed by atoms with Crippen molar-refractivity contribution in [2.45, 2.75) is 13.5 Å². The number of nitrogens with zero attached hydrogens (tertiary/aromatic N) is 2. The van der Waals surface area contributed by atoms with Crippen molar-refractivity contribution in [1.82, 2.24) is 10.2 Å². The summed E-state index contributed by atoms with van der Waals surface area (Å²) in [4.78, 5) is 0. The molecule has 0 aliphatic rings. The van der Waals surface area contributed by atoms with E-state index in [4.69, 9.17) is 4.42 Å². The van der Waals surface area contributed by atoms with Crippen LogP contribution in [-0.2, 0) is 0 Å². The zero-order chi connectivity index (χ0) is 13.0. The molecule has 0 saturated carbocycles. The van der Waals surface area contributed by atoms with E-state index in [1.54, 1.807) is 31.2 Å². The summed E-state index contributed by atoms with van der Waals surface area (Å²) in [6.07, 6.45) is 3.38. The third-order valence-electron chi connectivity index (χ3n) is 2.07. The van der Waals surface area contributed by atoms with Crippen LogP contribution in [-0.4, -0.2) is 16.8 Å². The van der Waals surface area contributed by atoms with Gasteiger partial charge in [-0.2, -0.15) is 8.78 Å². The first-order valence-electron chi connectivity index (χ1n) is 5.16. The van der Waals surface area contributed by atoms with Gasteiger partial charge in [-0.1, -0.05) is 12.1 Å². The molecule has 0 aliphatic heterocycles. The highest BCUT2D eigenvalue weighted by Gasteiger charge is 2.03. The molecule has 0 saturated heterocycles. The fourth-order valence-electron chi connectivity index (χ4n) is 1.31. The van der Waals surface area contributed by atoms with Crippen LogP contribution >= 0.6 is 0 Å². The summed E-state index contributed by atoms with van der Waals surface area (Å²) in [6.45, 7) is -1.12. The maximum absolute atomic E-state index is 11.9. The Bertz CT molecular complexity index is 535. The Morgan fingerprint density at radius 3 is 2.44 bits per heavy atom. The molecule has 1 aromatic heterocycles. The van der Waals surface area contributed by atoms with E-state index in [0.717, 1.165) is 5.56 Å². The molecule has 2 aromatic rings. The van der Waals surface area contributed by atoms with Crippen LogP contribution in [0.15, 0.2) is 28.7 Å². The van der Waals surface area contributed by atoms with Gasteiger partial charge in [0, 0.05) is 13.0 Å². The van der Waals surface area contributed by atoms with Crippen LogP contribution in [0.1, 0.15) is 17.3 Å². The van der Waals surface area contributed by atoms with Crippen molar-refractivity contribution >= 4 is 12.2 Å². The van der Waals surface area contributed by atoms with Gasteiger partial charge >= 0.3 is 6.61 Å². The van der Waals surface area contributed by atoms with E-state index >= 15 is 0 Å². The third-order valence-corrected chi connectivity index (χ3v) is 2.07. The van der Waals surface area contributed by atoms with Gasteiger partial charge < -0.3 is 9.15 Å². The zero-order valence-corrected chi connectivity index (χ0v) is 9.51. The molecule has 4 nitrogen and oxygen atoms in total. The summed E-state index contributed by atoms with van der Waals surface area (Å²) in [7, 11) is 0. The van der Waals surface area contributed by atoms with Gasteiger partial charge in [0.15, 0.2) is 0 Å². The lowest BCUT2D eigenvalue weighted by Gasteiger charge is -2.03. The predicted octanol–water partition coefficient (Wildman–Crippen LogP) is 3.15. The molecule has 6 heteroatoms. The van der Waals surface area contributed by atoms with Gasteiger partial charge in [0.25, 0.3) is 0 Å². The lowest BCUT2D eigenvalue weighted by molar-refractivity contribution is -0.0498. The molecule has 18 heavy (non-hydrogen) atoms. The van der Waals surface area contributed by atoms with Crippen LogP contribution in [0.3, 0.4) is 0 Å². The average molecular weight is 252 g/mol. The lowest BCUT2D eigenvalue weighted by Crippen LogP contribution is -2.01. The minimum absolute atomic E-state index is 0.121. The van der Waals surface area contributed by atoms with Crippen LogP contribution in [0.2, 0.25) is 0 Å². The number of benzene rings is 1. The number of aryl methyl sites for hydroxylation is 1. The number of hydrogen-bond acceptors (Lipinski definition) is 4. The van der Waals surface area contributed by atoms with Crippen LogP contribution in [0.25, 0.3) is 12.2 Å². The maximum Gasteiger partial charge on any atom is 0.387 e. The molecule has 1 aromatic carbocycles. The molecule has 0 fully saturated rings. The molecule has 0 unspecified atom stereocenters. The van der Waals surface area contributed by atoms with E-state index in [1.807, 2.05) is 0 Å². The quantitative estimate of drug-likeness (QED) is 0.838. The van der Waals surface area contributed by atoms with Crippen LogP contribution < -0.4 is 4.74 Å². The minimum atomic E-state index is -2.81. The average Bonchev–Trinajstić information content (AvgIpc) is 2.74. The highest BCUT2D eigenvalue weighted by atomic mass is 19.3. The van der Waals surface area contributed by atoms with Crippen molar-refractivity contribution in [3.63, 3.8) is 0 Å². The Hall–Kier alpha value is -2.24. The van der Waals surface area contributed by atoms with E-state index < -0.39 is 6.61 Å². The highest BCUT2D eigenvalue weighted by Crippen LogP contribution is 2.16. The standard InChI is InChI=1S/C12H10F2N2O2/c1-8-15-16-11(17-8)7-4-9-2-5-10(6-3-9)18-12(13)14/h2-7,12H,1H3/b7-4-. The van der Waals surface area contributed by atoms with Crippen LogP contribution in [0.5, 0.6) is 5.75 Å². The molecule has 94 valence electrons. The Morgan fingerprint density at radius 2 is 1.89 bits per heavy atom. The fraction of sp³-hybridized carbons (Fsp3) is 0.167. The highest BCUT2D eigenvalue weighted by molar-refractivity contribution is 5.66. The zero-order valence-electron chi connectivity index (χ0n) is 9.51. The molecule has 0 atom stereocenters. The van der Waals surface area contributed by atoms with Crippen molar-refractivity contribution in [2.75, 3.05) is 0 Å². The fourth-order valence-corrected chi connectivity index (χ4v) is 1.31. The summed E-state index contributed by atoms with van der Waals surface area (Å²) >= 11 is 0. The number of aromatic nitrogens is 2. The lowest BCUT2D eigenvalue weighted by atomic mass is 10.2. The van der Waals surface area contributed by atoms with Crippen molar-refractivity contribution in [3.05, 3.63) is 41.6 Å². The number of halogens is 2. The van der Waals surface area contributed by atoms with Crippen molar-refractivity contribution in [1.29, 1.82) is 0 Å². The van der Waals surface area contributed by atoms with Crippen molar-refractivity contribution in [3.8, 4) is 5.75 Å². The van der Waals surface area contributed by atoms with Crippen molar-refractivity contribution < 1.29 is 17.9 Å². The molecular formula is C12H10F2N2O2. The van der Waals surface area contributed by atoms with Gasteiger partial charge in [-0.15, -0.1) is 10.2 Å². The molecule has 2 rings (SSSR count). The minimum Gasteiger partial charge on any atom is -0.435 e. The smallest absolute Gasteiger partial charge is 0.387 e. The molecule has 0 bridgehead atoms. The van der Waals surface area contributed by atoms with Gasteiger partial charge in [0.1, 0.15) is 5.75 Å². The number of ether oxygens (including phenoxy) is 1. The monoisotopic (exact) mass is 252 g/mol. The second kappa shape index (κ2) is 5.39. The molecular weight excluding hydrogens is 242 g/mol. The van der Waals surface area contributed by atoms with E-state index in [-0.39, 0.29) is 5.75 Å². The number of rotatable bonds is 4. The van der Waals surface area contributed by atoms with Crippen LogP contribution in [0.4, 0.5) is 8.78 Å². The molecule has 0 radical (unpaired) electrons. The first kappa shape index (κ1) is 12.2. The number of hydrogen-bond donors (Lipinski definition) is 0.